The molecule has 2 N–H and O–H groups in total. The van der Waals surface area contributed by atoms with E-state index in [4.69, 9.17) is 0 Å². The van der Waals surface area contributed by atoms with Crippen molar-refractivity contribution in [1.82, 2.24) is 5.32 Å². The summed E-state index contributed by atoms with van der Waals surface area (Å²) in [6, 6.07) is 10.1. The molecular formula is C19H25NO2. The van der Waals surface area contributed by atoms with Gasteiger partial charge in [0.05, 0.1) is 5.41 Å². The molecule has 3 nitrogen and oxygen atoms in total. The Kier molecular flexibility index (Phi) is 4.09. The molecule has 1 unspecified atom stereocenters. The van der Waals surface area contributed by atoms with Crippen LogP contribution in [0.15, 0.2) is 42.5 Å². The Morgan fingerprint density at radius 2 is 1.91 bits per heavy atom. The Hall–Kier alpha value is -1.61. The first-order valence-corrected chi connectivity index (χ1v) is 8.39. The minimum absolute atomic E-state index is 0.00361. The zero-order chi connectivity index (χ0) is 15.6. The van der Waals surface area contributed by atoms with Crippen LogP contribution in [0, 0.1) is 0 Å². The largest absolute Gasteiger partial charge is 0.379 e. The highest BCUT2D eigenvalue weighted by molar-refractivity contribution is 5.91. The molecule has 2 aliphatic rings. The molecule has 0 spiro atoms. The fourth-order valence-corrected chi connectivity index (χ4v) is 4.21. The summed E-state index contributed by atoms with van der Waals surface area (Å²) in [6.07, 6.45) is 9.49. The van der Waals surface area contributed by atoms with Gasteiger partial charge in [-0.15, -0.1) is 0 Å². The lowest BCUT2D eigenvalue weighted by Gasteiger charge is -2.45. The van der Waals surface area contributed by atoms with Crippen LogP contribution in [-0.2, 0) is 10.2 Å². The Labute approximate surface area is 132 Å². The SMILES string of the molecule is CCCCCC1NC(=O)[C@@]2(O)CC=CC[C@@]12c1ccccc1. The molecule has 3 rings (SSSR count). The van der Waals surface area contributed by atoms with Crippen LogP contribution >= 0.6 is 0 Å². The molecule has 0 bridgehead atoms. The van der Waals surface area contributed by atoms with Crippen LogP contribution in [0.25, 0.3) is 0 Å². The van der Waals surface area contributed by atoms with Crippen LogP contribution in [0.5, 0.6) is 0 Å². The number of benzene rings is 1. The highest BCUT2D eigenvalue weighted by Gasteiger charge is 2.65. The molecule has 0 radical (unpaired) electrons. The topological polar surface area (TPSA) is 49.3 Å². The van der Waals surface area contributed by atoms with Crippen molar-refractivity contribution in [2.45, 2.75) is 62.5 Å². The summed E-state index contributed by atoms with van der Waals surface area (Å²) in [5, 5.41) is 14.4. The molecule has 1 aromatic carbocycles. The molecular weight excluding hydrogens is 274 g/mol. The molecule has 0 saturated carbocycles. The number of nitrogens with one attached hydrogen (secondary N) is 1. The third-order valence-corrected chi connectivity index (χ3v) is 5.42. The quantitative estimate of drug-likeness (QED) is 0.648. The van der Waals surface area contributed by atoms with Crippen molar-refractivity contribution >= 4 is 5.91 Å². The normalized spacial score (nSPS) is 33.5. The van der Waals surface area contributed by atoms with Crippen LogP contribution in [0.3, 0.4) is 0 Å². The Bertz CT molecular complexity index is 568. The van der Waals surface area contributed by atoms with Gasteiger partial charge in [0.15, 0.2) is 5.60 Å². The maximum absolute atomic E-state index is 12.6. The Morgan fingerprint density at radius 3 is 2.64 bits per heavy atom. The fourth-order valence-electron chi connectivity index (χ4n) is 4.21. The van der Waals surface area contributed by atoms with E-state index in [1.54, 1.807) is 0 Å². The zero-order valence-corrected chi connectivity index (χ0v) is 13.2. The van der Waals surface area contributed by atoms with E-state index in [9.17, 15) is 9.90 Å². The molecule has 1 aliphatic heterocycles. The van der Waals surface area contributed by atoms with E-state index < -0.39 is 11.0 Å². The molecule has 0 aromatic heterocycles. The summed E-state index contributed by atoms with van der Waals surface area (Å²) < 4.78 is 0. The van der Waals surface area contributed by atoms with Gasteiger partial charge in [0.1, 0.15) is 0 Å². The highest BCUT2D eigenvalue weighted by Crippen LogP contribution is 2.51. The predicted octanol–water partition coefficient (Wildman–Crippen LogP) is 3.08. The summed E-state index contributed by atoms with van der Waals surface area (Å²) >= 11 is 0. The van der Waals surface area contributed by atoms with Crippen LogP contribution in [-0.4, -0.2) is 22.7 Å². The molecule has 3 atom stereocenters. The number of amides is 1. The van der Waals surface area contributed by atoms with Crippen molar-refractivity contribution in [3.05, 3.63) is 48.0 Å². The third-order valence-electron chi connectivity index (χ3n) is 5.42. The summed E-state index contributed by atoms with van der Waals surface area (Å²) in [5.74, 6) is -0.206. The summed E-state index contributed by atoms with van der Waals surface area (Å²) in [5.41, 5.74) is -0.782. The summed E-state index contributed by atoms with van der Waals surface area (Å²) in [7, 11) is 0. The van der Waals surface area contributed by atoms with Crippen molar-refractivity contribution in [3.8, 4) is 0 Å². The van der Waals surface area contributed by atoms with Crippen LogP contribution in [0.4, 0.5) is 0 Å². The first-order chi connectivity index (χ1) is 10.6. The lowest BCUT2D eigenvalue weighted by atomic mass is 9.59. The lowest BCUT2D eigenvalue weighted by molar-refractivity contribution is -0.140. The average molecular weight is 299 g/mol. The van der Waals surface area contributed by atoms with E-state index in [2.05, 4.69) is 30.4 Å². The minimum Gasteiger partial charge on any atom is -0.379 e. The van der Waals surface area contributed by atoms with Gasteiger partial charge in [0, 0.05) is 12.5 Å². The molecule has 1 saturated heterocycles. The minimum atomic E-state index is -1.32. The number of allylic oxidation sites excluding steroid dienone is 1. The number of carbonyl (C=O) groups excluding carboxylic acids is 1. The standard InChI is InChI=1S/C19H25NO2/c1-2-3-5-12-16-18(15-10-6-4-7-11-15)13-8-9-14-19(18,22)17(21)20-16/h4,6-11,16,22H,2-3,5,12-14H2,1H3,(H,20,21)/t16?,18-,19+/m1/s1. The van der Waals surface area contributed by atoms with Crippen LogP contribution in [0.1, 0.15) is 51.0 Å². The zero-order valence-electron chi connectivity index (χ0n) is 13.2. The van der Waals surface area contributed by atoms with Gasteiger partial charge in [-0.05, 0) is 18.4 Å². The monoisotopic (exact) mass is 299 g/mol. The molecule has 3 heteroatoms. The van der Waals surface area contributed by atoms with E-state index >= 15 is 0 Å². The number of unbranched alkanes of at least 4 members (excludes halogenated alkanes) is 2. The van der Waals surface area contributed by atoms with Crippen molar-refractivity contribution in [2.24, 2.45) is 0 Å². The van der Waals surface area contributed by atoms with E-state index in [1.807, 2.05) is 24.3 Å². The van der Waals surface area contributed by atoms with Gasteiger partial charge >= 0.3 is 0 Å². The predicted molar refractivity (Wildman–Crippen MR) is 87.5 cm³/mol. The van der Waals surface area contributed by atoms with E-state index in [0.29, 0.717) is 12.8 Å². The second-order valence-electron chi connectivity index (χ2n) is 6.60. The lowest BCUT2D eigenvalue weighted by Crippen LogP contribution is -2.56. The third kappa shape index (κ3) is 2.11. The first kappa shape index (κ1) is 15.3. The first-order valence-electron chi connectivity index (χ1n) is 8.39. The second kappa shape index (κ2) is 5.88. The van der Waals surface area contributed by atoms with Crippen LogP contribution in [0.2, 0.25) is 0 Å². The fraction of sp³-hybridized carbons (Fsp3) is 0.526. The number of hydrogen-bond donors (Lipinski definition) is 2. The van der Waals surface area contributed by atoms with E-state index in [0.717, 1.165) is 31.2 Å². The number of aliphatic hydroxyl groups is 1. The van der Waals surface area contributed by atoms with E-state index in [1.165, 1.54) is 0 Å². The maximum atomic E-state index is 12.6. The van der Waals surface area contributed by atoms with Crippen molar-refractivity contribution in [1.29, 1.82) is 0 Å². The Balaban J connectivity index is 2.04. The van der Waals surface area contributed by atoms with Gasteiger partial charge in [0.2, 0.25) is 0 Å². The molecule has 1 fully saturated rings. The number of hydrogen-bond acceptors (Lipinski definition) is 2. The van der Waals surface area contributed by atoms with E-state index in [-0.39, 0.29) is 11.9 Å². The molecule has 1 aromatic rings. The smallest absolute Gasteiger partial charge is 0.253 e. The highest BCUT2D eigenvalue weighted by atomic mass is 16.3. The van der Waals surface area contributed by atoms with Gasteiger partial charge in [-0.3, -0.25) is 4.79 Å². The van der Waals surface area contributed by atoms with Crippen molar-refractivity contribution in [2.75, 3.05) is 0 Å². The van der Waals surface area contributed by atoms with Crippen molar-refractivity contribution < 1.29 is 9.90 Å². The van der Waals surface area contributed by atoms with Gasteiger partial charge in [-0.25, -0.2) is 0 Å². The van der Waals surface area contributed by atoms with Gasteiger partial charge in [-0.1, -0.05) is 68.7 Å². The molecule has 1 amide bonds. The van der Waals surface area contributed by atoms with Gasteiger partial charge < -0.3 is 10.4 Å². The second-order valence-corrected chi connectivity index (χ2v) is 6.60. The van der Waals surface area contributed by atoms with Gasteiger partial charge in [0.25, 0.3) is 5.91 Å². The number of fused-ring (bicyclic) bond motifs is 1. The van der Waals surface area contributed by atoms with Gasteiger partial charge in [-0.2, -0.15) is 0 Å². The maximum Gasteiger partial charge on any atom is 0.253 e. The molecule has 118 valence electrons. The number of carbonyl (C=O) groups is 1. The van der Waals surface area contributed by atoms with Crippen LogP contribution < -0.4 is 5.32 Å². The Morgan fingerprint density at radius 1 is 1.18 bits per heavy atom. The number of rotatable bonds is 5. The average Bonchev–Trinajstić information content (AvgIpc) is 2.77. The summed E-state index contributed by atoms with van der Waals surface area (Å²) in [6.45, 7) is 2.18. The van der Waals surface area contributed by atoms with Crippen molar-refractivity contribution in [3.63, 3.8) is 0 Å². The molecule has 1 aliphatic carbocycles. The molecule has 1 heterocycles. The summed E-state index contributed by atoms with van der Waals surface area (Å²) in [4.78, 5) is 12.6. The molecule has 22 heavy (non-hydrogen) atoms.